The molecule has 0 aromatic heterocycles. The Kier molecular flexibility index (Phi) is 5.71. The molecule has 0 N–H and O–H groups in total. The van der Waals surface area contributed by atoms with Gasteiger partial charge in [0.2, 0.25) is 0 Å². The van der Waals surface area contributed by atoms with Gasteiger partial charge in [-0.2, -0.15) is 0 Å². The van der Waals surface area contributed by atoms with Gasteiger partial charge >= 0.3 is 0 Å². The molecule has 1 rings (SSSR count). The largest absolute Gasteiger partial charge is 0.303 e. The second kappa shape index (κ2) is 6.90. The molecular weight excluding hydrogens is 170 g/mol. The lowest BCUT2D eigenvalue weighted by Gasteiger charge is -2.19. The highest BCUT2D eigenvalue weighted by Crippen LogP contribution is 2.20. The Morgan fingerprint density at radius 1 is 1.36 bits per heavy atom. The SMILES string of the molecule is C#CCCCN1CCCC(CC)CC1. The zero-order valence-corrected chi connectivity index (χ0v) is 9.47. The zero-order chi connectivity index (χ0) is 10.2. The number of terminal acetylenes is 1. The van der Waals surface area contributed by atoms with E-state index in [0.717, 1.165) is 12.3 Å². The van der Waals surface area contributed by atoms with E-state index < -0.39 is 0 Å². The van der Waals surface area contributed by atoms with Crippen molar-refractivity contribution in [2.75, 3.05) is 19.6 Å². The first-order chi connectivity index (χ1) is 6.86. The molecule has 0 aromatic rings. The molecule has 0 aliphatic carbocycles. The number of unbranched alkanes of at least 4 members (excludes halogenated alkanes) is 1. The molecule has 1 heteroatoms. The van der Waals surface area contributed by atoms with Crippen molar-refractivity contribution in [3.05, 3.63) is 0 Å². The predicted molar refractivity (Wildman–Crippen MR) is 62.1 cm³/mol. The summed E-state index contributed by atoms with van der Waals surface area (Å²) in [5.74, 6) is 3.70. The van der Waals surface area contributed by atoms with Gasteiger partial charge in [-0.15, -0.1) is 12.3 Å². The van der Waals surface area contributed by atoms with E-state index in [2.05, 4.69) is 17.7 Å². The maximum atomic E-state index is 5.25. The molecule has 0 bridgehead atoms. The van der Waals surface area contributed by atoms with Gasteiger partial charge in [-0.1, -0.05) is 13.3 Å². The molecule has 1 nitrogen and oxygen atoms in total. The van der Waals surface area contributed by atoms with Crippen molar-refractivity contribution in [2.24, 2.45) is 5.92 Å². The van der Waals surface area contributed by atoms with Crippen molar-refractivity contribution in [2.45, 2.75) is 45.4 Å². The van der Waals surface area contributed by atoms with Crippen LogP contribution in [0.1, 0.15) is 45.4 Å². The second-order valence-electron chi connectivity index (χ2n) is 4.35. The summed E-state index contributed by atoms with van der Waals surface area (Å²) in [6.07, 6.45) is 12.9. The van der Waals surface area contributed by atoms with E-state index in [9.17, 15) is 0 Å². The van der Waals surface area contributed by atoms with Crippen LogP contribution in [0.2, 0.25) is 0 Å². The third-order valence-corrected chi connectivity index (χ3v) is 3.31. The molecule has 0 amide bonds. The highest BCUT2D eigenvalue weighted by molar-refractivity contribution is 4.83. The van der Waals surface area contributed by atoms with Crippen LogP contribution in [0, 0.1) is 18.3 Å². The highest BCUT2D eigenvalue weighted by Gasteiger charge is 2.14. The molecule has 14 heavy (non-hydrogen) atoms. The van der Waals surface area contributed by atoms with E-state index in [-0.39, 0.29) is 0 Å². The maximum Gasteiger partial charge on any atom is 0.00982 e. The van der Waals surface area contributed by atoms with Crippen LogP contribution in [0.15, 0.2) is 0 Å². The van der Waals surface area contributed by atoms with Crippen LogP contribution >= 0.6 is 0 Å². The van der Waals surface area contributed by atoms with Crippen LogP contribution in [0.3, 0.4) is 0 Å². The van der Waals surface area contributed by atoms with E-state index in [4.69, 9.17) is 6.42 Å². The van der Waals surface area contributed by atoms with Gasteiger partial charge in [0, 0.05) is 6.42 Å². The van der Waals surface area contributed by atoms with Gasteiger partial charge in [-0.25, -0.2) is 0 Å². The molecule has 1 aliphatic heterocycles. The normalized spacial score (nSPS) is 24.1. The molecule has 0 spiro atoms. The van der Waals surface area contributed by atoms with E-state index in [1.165, 1.54) is 51.7 Å². The van der Waals surface area contributed by atoms with Crippen molar-refractivity contribution >= 4 is 0 Å². The summed E-state index contributed by atoms with van der Waals surface area (Å²) in [6, 6.07) is 0. The first kappa shape index (κ1) is 11.6. The third-order valence-electron chi connectivity index (χ3n) is 3.31. The smallest absolute Gasteiger partial charge is 0.00982 e. The summed E-state index contributed by atoms with van der Waals surface area (Å²) in [4.78, 5) is 2.59. The standard InChI is InChI=1S/C13H23N/c1-3-5-6-10-14-11-7-8-13(4-2)9-12-14/h1,13H,4-12H2,2H3. The fraction of sp³-hybridized carbons (Fsp3) is 0.846. The summed E-state index contributed by atoms with van der Waals surface area (Å²) in [6.45, 7) is 6.11. The van der Waals surface area contributed by atoms with E-state index in [1.54, 1.807) is 0 Å². The maximum absolute atomic E-state index is 5.25. The lowest BCUT2D eigenvalue weighted by Crippen LogP contribution is -2.25. The fourth-order valence-corrected chi connectivity index (χ4v) is 2.26. The van der Waals surface area contributed by atoms with Crippen molar-refractivity contribution in [1.82, 2.24) is 4.90 Å². The average Bonchev–Trinajstić information content (AvgIpc) is 2.43. The van der Waals surface area contributed by atoms with Gasteiger partial charge in [-0.3, -0.25) is 0 Å². The molecule has 0 saturated carbocycles. The van der Waals surface area contributed by atoms with Gasteiger partial charge in [0.15, 0.2) is 0 Å². The fourth-order valence-electron chi connectivity index (χ4n) is 2.26. The van der Waals surface area contributed by atoms with Crippen molar-refractivity contribution in [1.29, 1.82) is 0 Å². The Morgan fingerprint density at radius 3 is 2.93 bits per heavy atom. The van der Waals surface area contributed by atoms with Crippen molar-refractivity contribution in [3.63, 3.8) is 0 Å². The Morgan fingerprint density at radius 2 is 2.21 bits per heavy atom. The van der Waals surface area contributed by atoms with E-state index >= 15 is 0 Å². The monoisotopic (exact) mass is 193 g/mol. The third kappa shape index (κ3) is 4.15. The molecule has 1 atom stereocenters. The molecule has 1 unspecified atom stereocenters. The number of hydrogen-bond acceptors (Lipinski definition) is 1. The first-order valence-electron chi connectivity index (χ1n) is 6.02. The van der Waals surface area contributed by atoms with Gasteiger partial charge in [-0.05, 0) is 51.2 Å². The predicted octanol–water partition coefficient (Wildman–Crippen LogP) is 2.91. The quantitative estimate of drug-likeness (QED) is 0.490. The molecule has 1 heterocycles. The van der Waals surface area contributed by atoms with Crippen LogP contribution < -0.4 is 0 Å². The lowest BCUT2D eigenvalue weighted by molar-refractivity contribution is 0.278. The van der Waals surface area contributed by atoms with Crippen molar-refractivity contribution < 1.29 is 0 Å². The molecule has 1 saturated heterocycles. The Bertz CT molecular complexity index is 180. The summed E-state index contributed by atoms with van der Waals surface area (Å²) in [5.41, 5.74) is 0. The van der Waals surface area contributed by atoms with Gasteiger partial charge in [0.25, 0.3) is 0 Å². The van der Waals surface area contributed by atoms with Crippen LogP contribution in [0.4, 0.5) is 0 Å². The number of rotatable bonds is 4. The van der Waals surface area contributed by atoms with Crippen LogP contribution in [-0.2, 0) is 0 Å². The van der Waals surface area contributed by atoms with Gasteiger partial charge in [0.1, 0.15) is 0 Å². The second-order valence-corrected chi connectivity index (χ2v) is 4.35. The zero-order valence-electron chi connectivity index (χ0n) is 9.47. The minimum atomic E-state index is 0.938. The number of likely N-dealkylation sites (tertiary alicyclic amines) is 1. The first-order valence-corrected chi connectivity index (χ1v) is 6.02. The summed E-state index contributed by atoms with van der Waals surface area (Å²) in [5, 5.41) is 0. The topological polar surface area (TPSA) is 3.24 Å². The molecule has 1 aliphatic rings. The van der Waals surface area contributed by atoms with Crippen LogP contribution in [0.5, 0.6) is 0 Å². The minimum Gasteiger partial charge on any atom is -0.303 e. The summed E-state index contributed by atoms with van der Waals surface area (Å²) < 4.78 is 0. The Hall–Kier alpha value is -0.480. The molecule has 0 radical (unpaired) electrons. The summed E-state index contributed by atoms with van der Waals surface area (Å²) >= 11 is 0. The van der Waals surface area contributed by atoms with Gasteiger partial charge in [0.05, 0.1) is 0 Å². The van der Waals surface area contributed by atoms with Crippen LogP contribution in [-0.4, -0.2) is 24.5 Å². The Labute approximate surface area is 88.9 Å². The van der Waals surface area contributed by atoms with Crippen molar-refractivity contribution in [3.8, 4) is 12.3 Å². The minimum absolute atomic E-state index is 0.938. The molecule has 1 fully saturated rings. The molecule has 80 valence electrons. The number of hydrogen-bond donors (Lipinski definition) is 0. The lowest BCUT2D eigenvalue weighted by atomic mass is 9.98. The molecular formula is C13H23N. The molecule has 0 aromatic carbocycles. The highest BCUT2D eigenvalue weighted by atomic mass is 15.1. The number of nitrogens with zero attached hydrogens (tertiary/aromatic N) is 1. The van der Waals surface area contributed by atoms with E-state index in [1.807, 2.05) is 0 Å². The van der Waals surface area contributed by atoms with Crippen LogP contribution in [0.25, 0.3) is 0 Å². The summed E-state index contributed by atoms with van der Waals surface area (Å²) in [7, 11) is 0. The average molecular weight is 193 g/mol. The van der Waals surface area contributed by atoms with E-state index in [0.29, 0.717) is 0 Å². The van der Waals surface area contributed by atoms with Gasteiger partial charge < -0.3 is 4.90 Å². The Balaban J connectivity index is 2.18.